The van der Waals surface area contributed by atoms with Crippen molar-refractivity contribution in [2.45, 2.75) is 233 Å². The van der Waals surface area contributed by atoms with Crippen molar-refractivity contribution >= 4 is 96.7 Å². The smallest absolute Gasteiger partial charge is 2.00 e. The normalized spacial score (nSPS) is 10.1. The van der Waals surface area contributed by atoms with Crippen LogP contribution in [0.5, 0.6) is 0 Å². The standard InChI is InChI=1S/2C25H43NS2.2S.3Zn/c2*1-3-5-7-9-11-13-15-18-22-19-17-21-24(26-25(27)28)23(22)20-16-14-12-10-8-6-4-2;;;;;/h2*17,19,21H,3-16,18,20H2,1-2H3,(H2,26,27,28);;;;;/q;;2*-2;3*+2. The number of rotatable bonds is 34. The van der Waals surface area contributed by atoms with Crippen LogP contribution in [0.2, 0.25) is 0 Å². The van der Waals surface area contributed by atoms with Crippen LogP contribution in [-0.2, 0) is 111 Å². The summed E-state index contributed by atoms with van der Waals surface area (Å²) in [6.45, 7) is 9.12. The number of aryl methyl sites for hydroxylation is 2. The first-order valence-corrected chi connectivity index (χ1v) is 25.3. The minimum atomic E-state index is 0. The van der Waals surface area contributed by atoms with Gasteiger partial charge in [0.2, 0.25) is 0 Å². The maximum atomic E-state index is 5.18. The molecule has 0 fully saturated rings. The van der Waals surface area contributed by atoms with Crippen molar-refractivity contribution in [1.29, 1.82) is 0 Å². The molecule has 0 heterocycles. The molecule has 0 bridgehead atoms. The second-order valence-electron chi connectivity index (χ2n) is 16.2. The fourth-order valence-electron chi connectivity index (χ4n) is 7.86. The van der Waals surface area contributed by atoms with Gasteiger partial charge in [0.1, 0.15) is 8.64 Å². The maximum Gasteiger partial charge on any atom is 2.00 e. The van der Waals surface area contributed by atoms with E-state index in [0.29, 0.717) is 8.64 Å². The molecule has 336 valence electrons. The Hall–Kier alpha value is 1.49. The first-order chi connectivity index (χ1) is 27.4. The van der Waals surface area contributed by atoms with E-state index in [2.05, 4.69) is 100.0 Å². The van der Waals surface area contributed by atoms with Gasteiger partial charge < -0.3 is 37.6 Å². The molecule has 0 saturated carbocycles. The van der Waals surface area contributed by atoms with Crippen LogP contribution >= 0.6 is 49.7 Å². The zero-order valence-electron chi connectivity index (χ0n) is 39.7. The average molecular weight is 1100 g/mol. The molecule has 0 atom stereocenters. The Morgan fingerprint density at radius 3 is 0.852 bits per heavy atom. The molecule has 0 spiro atoms. The molecule has 0 radical (unpaired) electrons. The average Bonchev–Trinajstić information content (AvgIpc) is 3.17. The number of nitrogens with one attached hydrogen (secondary N) is 2. The Bertz CT molecular complexity index is 1170. The van der Waals surface area contributed by atoms with Crippen molar-refractivity contribution in [3.63, 3.8) is 0 Å². The molecule has 0 aromatic heterocycles. The SMILES string of the molecule is CCCCCCCCCc1cccc(NC(=S)S)c1CCCCCCCCC.CCCCCCCCCc1cccc(NC(=S)S)c1CCCCCCCCC.[S-2].[S-2].[Zn+2].[Zn+2].[Zn+2]. The summed E-state index contributed by atoms with van der Waals surface area (Å²) in [6.07, 6.45) is 42.7. The Morgan fingerprint density at radius 1 is 0.377 bits per heavy atom. The summed E-state index contributed by atoms with van der Waals surface area (Å²) in [5, 5.41) is 6.61. The molecule has 0 aliphatic rings. The van der Waals surface area contributed by atoms with Gasteiger partial charge in [0.25, 0.3) is 0 Å². The number of hydrogen-bond acceptors (Lipinski definition) is 2. The van der Waals surface area contributed by atoms with Crippen LogP contribution in [0.25, 0.3) is 0 Å². The minimum Gasteiger partial charge on any atom is -2.00 e. The largest absolute Gasteiger partial charge is 2.00 e. The van der Waals surface area contributed by atoms with Crippen molar-refractivity contribution < 1.29 is 58.4 Å². The fraction of sp³-hybridized carbons (Fsp3) is 0.720. The first kappa shape index (κ1) is 71.5. The van der Waals surface area contributed by atoms with E-state index in [1.807, 2.05) is 0 Å². The Kier molecular flexibility index (Phi) is 61.5. The molecule has 0 aliphatic carbocycles. The van der Waals surface area contributed by atoms with Gasteiger partial charge in [-0.25, -0.2) is 0 Å². The van der Waals surface area contributed by atoms with E-state index in [9.17, 15) is 0 Å². The molecule has 2 N–H and O–H groups in total. The molecule has 0 amide bonds. The van der Waals surface area contributed by atoms with E-state index in [0.717, 1.165) is 12.8 Å². The summed E-state index contributed by atoms with van der Waals surface area (Å²) in [4.78, 5) is 0. The van der Waals surface area contributed by atoms with Gasteiger partial charge in [0.15, 0.2) is 0 Å². The van der Waals surface area contributed by atoms with E-state index in [1.165, 1.54) is 226 Å². The van der Waals surface area contributed by atoms with Crippen LogP contribution in [0.3, 0.4) is 0 Å². The number of unbranched alkanes of at least 4 members (excludes halogenated alkanes) is 24. The van der Waals surface area contributed by atoms with Crippen LogP contribution in [0.15, 0.2) is 36.4 Å². The summed E-state index contributed by atoms with van der Waals surface area (Å²) < 4.78 is 1.13. The maximum absolute atomic E-state index is 5.18. The number of thiol groups is 2. The van der Waals surface area contributed by atoms with Gasteiger partial charge in [-0.3, -0.25) is 0 Å². The van der Waals surface area contributed by atoms with Crippen LogP contribution < -0.4 is 10.6 Å². The third-order valence-electron chi connectivity index (χ3n) is 11.2. The molecule has 2 aromatic carbocycles. The predicted molar refractivity (Wildman–Crippen MR) is 285 cm³/mol. The molecule has 2 aromatic rings. The molecule has 0 unspecified atom stereocenters. The summed E-state index contributed by atoms with van der Waals surface area (Å²) in [5.74, 6) is 0. The number of benzene rings is 2. The van der Waals surface area contributed by atoms with Crippen LogP contribution in [0.1, 0.15) is 230 Å². The number of thiocarbonyl (C=S) groups is 2. The second-order valence-corrected chi connectivity index (χ2v) is 18.5. The van der Waals surface area contributed by atoms with Crippen molar-refractivity contribution in [1.82, 2.24) is 0 Å². The third kappa shape index (κ3) is 40.3. The first-order valence-electron chi connectivity index (χ1n) is 23.6. The molecule has 0 saturated heterocycles. The summed E-state index contributed by atoms with van der Waals surface area (Å²) in [5.41, 5.74) is 8.30. The summed E-state index contributed by atoms with van der Waals surface area (Å²) in [6, 6.07) is 13.3. The van der Waals surface area contributed by atoms with Crippen LogP contribution in [0, 0.1) is 0 Å². The molecule has 61 heavy (non-hydrogen) atoms. The van der Waals surface area contributed by atoms with E-state index in [4.69, 9.17) is 24.4 Å². The molecule has 0 aliphatic heterocycles. The zero-order valence-corrected chi connectivity index (χ0v) is 53.7. The monoisotopic (exact) mass is 1100 g/mol. The van der Waals surface area contributed by atoms with Crippen molar-refractivity contribution in [2.24, 2.45) is 0 Å². The van der Waals surface area contributed by atoms with Gasteiger partial charge in [0, 0.05) is 11.4 Å². The Morgan fingerprint density at radius 2 is 0.607 bits per heavy atom. The molecule has 2 rings (SSSR count). The second kappa shape index (κ2) is 52.5. The predicted octanol–water partition coefficient (Wildman–Crippen LogP) is 17.8. The van der Waals surface area contributed by atoms with Crippen LogP contribution in [0.4, 0.5) is 11.4 Å². The van der Waals surface area contributed by atoms with E-state index < -0.39 is 0 Å². The van der Waals surface area contributed by atoms with E-state index in [-0.39, 0.29) is 85.4 Å². The fourth-order valence-corrected chi connectivity index (χ4v) is 8.32. The van der Waals surface area contributed by atoms with Gasteiger partial charge >= 0.3 is 58.4 Å². The summed E-state index contributed by atoms with van der Waals surface area (Å²) in [7, 11) is 0. The Labute approximate surface area is 453 Å². The number of anilines is 2. The zero-order chi connectivity index (χ0) is 40.9. The van der Waals surface area contributed by atoms with Gasteiger partial charge in [0.05, 0.1) is 0 Å². The molecular weight excluding hydrogens is 1020 g/mol. The molecule has 11 heteroatoms. The van der Waals surface area contributed by atoms with Gasteiger partial charge in [-0.1, -0.05) is 230 Å². The molecule has 2 nitrogen and oxygen atoms in total. The van der Waals surface area contributed by atoms with Gasteiger partial charge in [-0.05, 0) is 85.8 Å². The van der Waals surface area contributed by atoms with Crippen molar-refractivity contribution in [3.05, 3.63) is 58.7 Å². The topological polar surface area (TPSA) is 24.1 Å². The van der Waals surface area contributed by atoms with E-state index in [1.54, 1.807) is 0 Å². The quantitative estimate of drug-likeness (QED) is 0.0243. The summed E-state index contributed by atoms with van der Waals surface area (Å²) >= 11 is 19.0. The Balaban J connectivity index is -0.000000317. The van der Waals surface area contributed by atoms with Crippen LogP contribution in [-0.4, -0.2) is 8.64 Å². The minimum absolute atomic E-state index is 0. The van der Waals surface area contributed by atoms with Crippen molar-refractivity contribution in [3.8, 4) is 0 Å². The third-order valence-corrected chi connectivity index (χ3v) is 11.6. The van der Waals surface area contributed by atoms with Crippen molar-refractivity contribution in [2.75, 3.05) is 10.6 Å². The van der Waals surface area contributed by atoms with Gasteiger partial charge in [-0.2, -0.15) is 0 Å². The van der Waals surface area contributed by atoms with E-state index >= 15 is 0 Å². The number of hydrogen-bond donors (Lipinski definition) is 4. The van der Waals surface area contributed by atoms with Gasteiger partial charge in [-0.15, -0.1) is 25.3 Å². The molecular formula is C50H86N2S6Zn3+2.